The average Bonchev–Trinajstić information content (AvgIpc) is 2.12. The van der Waals surface area contributed by atoms with Gasteiger partial charge in [-0.3, -0.25) is 0 Å². The van der Waals surface area contributed by atoms with Gasteiger partial charge in [0, 0.05) is 22.3 Å². The number of H-pyrrole nitrogens is 1. The zero-order valence-corrected chi connectivity index (χ0v) is 4.85. The third kappa shape index (κ3) is 1.74. The molecule has 0 atom stereocenters. The van der Waals surface area contributed by atoms with Gasteiger partial charge in [-0.25, -0.2) is 0 Å². The minimum absolute atomic E-state index is 0. The largest absolute Gasteiger partial charge is 0.477 e. The van der Waals surface area contributed by atoms with E-state index in [1.165, 1.54) is 0 Å². The van der Waals surface area contributed by atoms with Crippen molar-refractivity contribution in [3.8, 4) is 0 Å². The molecule has 1 radical (unpaired) electrons. The monoisotopic (exact) mass is 178 g/mol. The Morgan fingerprint density at radius 1 is 1.67 bits per heavy atom. The molecule has 0 unspecified atom stereocenters. The van der Waals surface area contributed by atoms with Crippen molar-refractivity contribution >= 4 is 5.95 Å². The fourth-order valence-corrected chi connectivity index (χ4v) is 0.232. The van der Waals surface area contributed by atoms with Crippen LogP contribution in [0.5, 0.6) is 0 Å². The second-order valence-electron chi connectivity index (χ2n) is 0.982. The van der Waals surface area contributed by atoms with Crippen LogP contribution in [-0.2, 0) is 17.1 Å². The normalized spacial score (nSPS) is 8.00. The first-order chi connectivity index (χ1) is 3.80. The first kappa shape index (κ1) is 7.99. The SMILES string of the molecule is O=[N+]([O-])c1nnn[nH]1.[Cu]. The molecule has 0 aromatic carbocycles. The smallest absolute Gasteiger partial charge is 0.390 e. The fourth-order valence-electron chi connectivity index (χ4n) is 0.232. The summed E-state index contributed by atoms with van der Waals surface area (Å²) in [5.41, 5.74) is 0. The molecule has 0 aliphatic carbocycles. The molecule has 8 heteroatoms. The third-order valence-electron chi connectivity index (χ3n) is 0.507. The Kier molecular flexibility index (Phi) is 2.75. The van der Waals surface area contributed by atoms with Crippen LogP contribution in [-0.4, -0.2) is 25.5 Å². The van der Waals surface area contributed by atoms with Gasteiger partial charge in [0.05, 0.1) is 10.3 Å². The summed E-state index contributed by atoms with van der Waals surface area (Å²) in [6.07, 6.45) is 0. The topological polar surface area (TPSA) is 97.6 Å². The maximum absolute atomic E-state index is 9.69. The van der Waals surface area contributed by atoms with Crippen molar-refractivity contribution < 1.29 is 22.0 Å². The maximum Gasteiger partial charge on any atom is 0.477 e. The molecule has 53 valence electrons. The van der Waals surface area contributed by atoms with Crippen molar-refractivity contribution in [2.45, 2.75) is 0 Å². The first-order valence-electron chi connectivity index (χ1n) is 1.69. The number of rotatable bonds is 1. The Morgan fingerprint density at radius 2 is 2.33 bits per heavy atom. The van der Waals surface area contributed by atoms with E-state index in [9.17, 15) is 10.1 Å². The molecule has 1 aromatic rings. The summed E-state index contributed by atoms with van der Waals surface area (Å²) in [7, 11) is 0. The van der Waals surface area contributed by atoms with Crippen molar-refractivity contribution in [3.05, 3.63) is 10.1 Å². The van der Waals surface area contributed by atoms with Gasteiger partial charge < -0.3 is 10.1 Å². The second-order valence-corrected chi connectivity index (χ2v) is 0.982. The van der Waals surface area contributed by atoms with E-state index in [-0.39, 0.29) is 17.1 Å². The molecule has 9 heavy (non-hydrogen) atoms. The van der Waals surface area contributed by atoms with Gasteiger partial charge in [0.25, 0.3) is 0 Å². The van der Waals surface area contributed by atoms with E-state index in [0.717, 1.165) is 0 Å². The maximum atomic E-state index is 9.69. The molecule has 0 aliphatic rings. The van der Waals surface area contributed by atoms with Crippen molar-refractivity contribution in [1.29, 1.82) is 0 Å². The van der Waals surface area contributed by atoms with Crippen LogP contribution in [0.4, 0.5) is 5.95 Å². The zero-order valence-electron chi connectivity index (χ0n) is 3.91. The molecule has 0 spiro atoms. The Balaban J connectivity index is 0.000000640. The molecular formula is CHCuN5O2. The van der Waals surface area contributed by atoms with Crippen LogP contribution in [0.2, 0.25) is 0 Å². The summed E-state index contributed by atoms with van der Waals surface area (Å²) < 4.78 is 0. The van der Waals surface area contributed by atoms with E-state index in [2.05, 4.69) is 15.5 Å². The van der Waals surface area contributed by atoms with Gasteiger partial charge in [0.15, 0.2) is 0 Å². The number of nitro groups is 1. The third-order valence-corrected chi connectivity index (χ3v) is 0.507. The van der Waals surface area contributed by atoms with Crippen molar-refractivity contribution in [3.63, 3.8) is 0 Å². The van der Waals surface area contributed by atoms with E-state index in [1.54, 1.807) is 0 Å². The summed E-state index contributed by atoms with van der Waals surface area (Å²) in [4.78, 5) is 8.99. The number of nitrogens with zero attached hydrogens (tertiary/aromatic N) is 4. The number of tetrazole rings is 1. The van der Waals surface area contributed by atoms with Gasteiger partial charge in [0.2, 0.25) is 0 Å². The van der Waals surface area contributed by atoms with Gasteiger partial charge in [0.1, 0.15) is 0 Å². The summed E-state index contributed by atoms with van der Waals surface area (Å²) in [5, 5.41) is 20.6. The van der Waals surface area contributed by atoms with Crippen LogP contribution in [0.1, 0.15) is 0 Å². The molecule has 0 saturated heterocycles. The van der Waals surface area contributed by atoms with Crippen LogP contribution in [0, 0.1) is 10.1 Å². The molecular weight excluding hydrogens is 178 g/mol. The Hall–Kier alpha value is -1.01. The van der Waals surface area contributed by atoms with Crippen LogP contribution >= 0.6 is 0 Å². The van der Waals surface area contributed by atoms with Crippen LogP contribution in [0.15, 0.2) is 0 Å². The average molecular weight is 179 g/mol. The van der Waals surface area contributed by atoms with E-state index in [4.69, 9.17) is 0 Å². The molecule has 1 N–H and O–H groups in total. The van der Waals surface area contributed by atoms with E-state index < -0.39 is 10.9 Å². The molecule has 1 heterocycles. The Morgan fingerprint density at radius 3 is 2.56 bits per heavy atom. The quantitative estimate of drug-likeness (QED) is 0.342. The van der Waals surface area contributed by atoms with Crippen LogP contribution < -0.4 is 0 Å². The molecule has 7 nitrogen and oxygen atoms in total. The summed E-state index contributed by atoms with van der Waals surface area (Å²) in [6.45, 7) is 0. The Labute approximate surface area is 59.5 Å². The predicted octanol–water partition coefficient (Wildman–Crippen LogP) is -0.895. The van der Waals surface area contributed by atoms with Crippen molar-refractivity contribution in [1.82, 2.24) is 20.6 Å². The molecule has 0 amide bonds. The minimum atomic E-state index is -0.708. The predicted molar refractivity (Wildman–Crippen MR) is 20.8 cm³/mol. The molecule has 0 aliphatic heterocycles. The van der Waals surface area contributed by atoms with Gasteiger partial charge in [-0.15, -0.1) is 5.10 Å². The van der Waals surface area contributed by atoms with Gasteiger partial charge in [-0.05, 0) is 4.92 Å². The molecule has 0 fully saturated rings. The number of nitrogens with one attached hydrogen (secondary N) is 1. The molecule has 1 rings (SSSR count). The number of aromatic amines is 1. The Bertz CT molecular complexity index is 183. The fraction of sp³-hybridized carbons (Fsp3) is 0. The van der Waals surface area contributed by atoms with Gasteiger partial charge >= 0.3 is 5.95 Å². The number of hydrogen-bond donors (Lipinski definition) is 1. The molecule has 0 saturated carbocycles. The van der Waals surface area contributed by atoms with E-state index in [0.29, 0.717) is 0 Å². The summed E-state index contributed by atoms with van der Waals surface area (Å²) in [5.74, 6) is -0.440. The second kappa shape index (κ2) is 3.10. The molecule has 0 bridgehead atoms. The number of hydrogen-bond acceptors (Lipinski definition) is 5. The molecule has 1 aromatic heterocycles. The zero-order chi connectivity index (χ0) is 5.98. The minimum Gasteiger partial charge on any atom is -0.390 e. The summed E-state index contributed by atoms with van der Waals surface area (Å²) >= 11 is 0. The number of aromatic nitrogens is 4. The van der Waals surface area contributed by atoms with Crippen molar-refractivity contribution in [2.24, 2.45) is 0 Å². The van der Waals surface area contributed by atoms with E-state index in [1.807, 2.05) is 5.10 Å². The van der Waals surface area contributed by atoms with Crippen molar-refractivity contribution in [2.75, 3.05) is 0 Å². The van der Waals surface area contributed by atoms with E-state index >= 15 is 0 Å². The summed E-state index contributed by atoms with van der Waals surface area (Å²) in [6, 6.07) is 0. The van der Waals surface area contributed by atoms with Gasteiger partial charge in [-0.1, -0.05) is 0 Å². The van der Waals surface area contributed by atoms with Gasteiger partial charge in [-0.2, -0.15) is 0 Å². The first-order valence-corrected chi connectivity index (χ1v) is 1.69. The van der Waals surface area contributed by atoms with Crippen LogP contribution in [0.3, 0.4) is 0 Å². The van der Waals surface area contributed by atoms with Crippen LogP contribution in [0.25, 0.3) is 0 Å². The standard InChI is InChI=1S/CHN5O2.Cu/c7-6(8)1-2-4-5-3-1;/h(H,2,3,4,5);.